The quantitative estimate of drug-likeness (QED) is 0.110. The van der Waals surface area contributed by atoms with Crippen LogP contribution in [-0.2, 0) is 14.3 Å². The van der Waals surface area contributed by atoms with Gasteiger partial charge in [-0.2, -0.15) is 0 Å². The SMILES string of the molecule is COC(=O)c1c(-c2c(F)cccc2Cl)noc1/C(C=O)=C/N(C)C.COC(=O)c1c(-c2c(F)cccc2Cl)noc1/C=C/N(C)C. The molecule has 15 heteroatoms. The van der Waals surface area contributed by atoms with Crippen LogP contribution >= 0.6 is 23.2 Å². The minimum atomic E-state index is -0.827. The third-order valence-electron chi connectivity index (χ3n) is 5.90. The van der Waals surface area contributed by atoms with Crippen LogP contribution in [0, 0.1) is 11.6 Å². The fraction of sp³-hybridized carbons (Fsp3) is 0.194. The fourth-order valence-corrected chi connectivity index (χ4v) is 4.43. The number of halogens is 4. The first-order valence-electron chi connectivity index (χ1n) is 13.1. The molecule has 0 saturated heterocycles. The molecule has 4 rings (SSSR count). The lowest BCUT2D eigenvalue weighted by Crippen LogP contribution is -2.08. The normalized spacial score (nSPS) is 11.1. The number of carbonyl (C=O) groups is 3. The lowest BCUT2D eigenvalue weighted by Gasteiger charge is -2.07. The van der Waals surface area contributed by atoms with Crippen molar-refractivity contribution in [3.63, 3.8) is 0 Å². The Bertz CT molecular complexity index is 1760. The maximum atomic E-state index is 14.2. The molecular weight excluding hydrogens is 649 g/mol. The summed E-state index contributed by atoms with van der Waals surface area (Å²) in [5.41, 5.74) is -0.341. The van der Waals surface area contributed by atoms with Crippen LogP contribution in [0.5, 0.6) is 0 Å². The van der Waals surface area contributed by atoms with Gasteiger partial charge >= 0.3 is 11.9 Å². The van der Waals surface area contributed by atoms with Crippen molar-refractivity contribution < 1.29 is 41.7 Å². The average Bonchev–Trinajstić information content (AvgIpc) is 3.63. The first-order valence-corrected chi connectivity index (χ1v) is 13.8. The molecule has 0 amide bonds. The van der Waals surface area contributed by atoms with Gasteiger partial charge in [-0.1, -0.05) is 45.6 Å². The molecule has 11 nitrogen and oxygen atoms in total. The van der Waals surface area contributed by atoms with Crippen LogP contribution in [0.4, 0.5) is 8.78 Å². The van der Waals surface area contributed by atoms with Gasteiger partial charge in [0.25, 0.3) is 0 Å². The number of rotatable bonds is 9. The number of methoxy groups -OCH3 is 2. The summed E-state index contributed by atoms with van der Waals surface area (Å²) in [5.74, 6) is -2.76. The van der Waals surface area contributed by atoms with Crippen molar-refractivity contribution in [3.05, 3.63) is 93.1 Å². The van der Waals surface area contributed by atoms with E-state index in [1.165, 1.54) is 55.8 Å². The maximum Gasteiger partial charge on any atom is 0.344 e. The number of hydrogen-bond acceptors (Lipinski definition) is 11. The van der Waals surface area contributed by atoms with E-state index in [1.807, 2.05) is 0 Å². The summed E-state index contributed by atoms with van der Waals surface area (Å²) in [6.45, 7) is 0. The molecule has 2 aromatic heterocycles. The van der Waals surface area contributed by atoms with Gasteiger partial charge in [-0.3, -0.25) is 4.79 Å². The Morgan fingerprint density at radius 3 is 1.76 bits per heavy atom. The molecule has 0 saturated carbocycles. The van der Waals surface area contributed by atoms with Crippen LogP contribution in [0.3, 0.4) is 0 Å². The molecule has 0 aliphatic rings. The minimum Gasteiger partial charge on any atom is -0.465 e. The van der Waals surface area contributed by atoms with E-state index >= 15 is 0 Å². The van der Waals surface area contributed by atoms with Gasteiger partial charge in [0, 0.05) is 46.7 Å². The van der Waals surface area contributed by atoms with Crippen LogP contribution in [0.2, 0.25) is 10.0 Å². The molecular formula is C31H28Cl2F2N4O7. The van der Waals surface area contributed by atoms with Crippen LogP contribution in [0.1, 0.15) is 32.2 Å². The summed E-state index contributed by atoms with van der Waals surface area (Å²) in [6, 6.07) is 8.24. The monoisotopic (exact) mass is 676 g/mol. The molecule has 0 spiro atoms. The van der Waals surface area contributed by atoms with E-state index in [0.29, 0.717) is 6.29 Å². The number of esters is 2. The number of ether oxygens (including phenoxy) is 2. The van der Waals surface area contributed by atoms with Crippen LogP contribution < -0.4 is 0 Å². The van der Waals surface area contributed by atoms with Crippen LogP contribution in [-0.4, -0.2) is 80.7 Å². The molecule has 0 unspecified atom stereocenters. The van der Waals surface area contributed by atoms with Gasteiger partial charge in [-0.25, -0.2) is 18.4 Å². The van der Waals surface area contributed by atoms with Gasteiger partial charge in [-0.05, 0) is 24.3 Å². The van der Waals surface area contributed by atoms with E-state index in [2.05, 4.69) is 10.3 Å². The number of benzene rings is 2. The van der Waals surface area contributed by atoms with Gasteiger partial charge in [-0.15, -0.1) is 0 Å². The molecule has 0 radical (unpaired) electrons. The maximum absolute atomic E-state index is 14.2. The molecule has 0 N–H and O–H groups in total. The first-order chi connectivity index (χ1) is 21.9. The Morgan fingerprint density at radius 1 is 0.804 bits per heavy atom. The molecule has 0 atom stereocenters. The summed E-state index contributed by atoms with van der Waals surface area (Å²) < 4.78 is 48.0. The third kappa shape index (κ3) is 7.98. The van der Waals surface area contributed by atoms with E-state index in [4.69, 9.17) is 41.7 Å². The predicted molar refractivity (Wildman–Crippen MR) is 167 cm³/mol. The highest BCUT2D eigenvalue weighted by Crippen LogP contribution is 2.36. The number of nitrogens with zero attached hydrogens (tertiary/aromatic N) is 4. The highest BCUT2D eigenvalue weighted by atomic mass is 35.5. The number of aldehydes is 1. The largest absolute Gasteiger partial charge is 0.465 e. The molecule has 2 heterocycles. The van der Waals surface area contributed by atoms with E-state index < -0.39 is 23.6 Å². The Labute approximate surface area is 272 Å². The Balaban J connectivity index is 0.000000251. The predicted octanol–water partition coefficient (Wildman–Crippen LogP) is 6.48. The summed E-state index contributed by atoms with van der Waals surface area (Å²) in [6.07, 6.45) is 5.14. The van der Waals surface area contributed by atoms with E-state index in [0.717, 1.165) is 7.11 Å². The molecule has 0 aliphatic heterocycles. The third-order valence-corrected chi connectivity index (χ3v) is 6.53. The zero-order valence-corrected chi connectivity index (χ0v) is 26.9. The zero-order chi connectivity index (χ0) is 34.1. The summed E-state index contributed by atoms with van der Waals surface area (Å²) in [4.78, 5) is 38.9. The van der Waals surface area contributed by atoms with Gasteiger partial charge in [0.2, 0.25) is 0 Å². The van der Waals surface area contributed by atoms with Gasteiger partial charge in [0.15, 0.2) is 17.8 Å². The highest BCUT2D eigenvalue weighted by Gasteiger charge is 2.30. The molecule has 0 bridgehead atoms. The second-order valence-corrected chi connectivity index (χ2v) is 10.4. The Morgan fingerprint density at radius 2 is 1.30 bits per heavy atom. The van der Waals surface area contributed by atoms with Gasteiger partial charge in [0.05, 0.1) is 41.0 Å². The van der Waals surface area contributed by atoms with Crippen LogP contribution in [0.25, 0.3) is 34.2 Å². The van der Waals surface area contributed by atoms with Crippen molar-refractivity contribution >= 4 is 53.1 Å². The number of allylic oxidation sites excluding steroid dienone is 1. The lowest BCUT2D eigenvalue weighted by molar-refractivity contribution is -0.103. The molecule has 4 aromatic rings. The highest BCUT2D eigenvalue weighted by molar-refractivity contribution is 6.34. The average molecular weight is 677 g/mol. The van der Waals surface area contributed by atoms with E-state index in [9.17, 15) is 23.2 Å². The molecule has 0 fully saturated rings. The standard InChI is InChI=1S/C16H14ClFN2O4.C15H14ClFN2O3/c1-20(2)7-9(8-21)15-13(16(22)23-3)14(19-24-15)12-10(17)5-4-6-11(12)18;1-19(2)8-7-11-13(15(20)21-3)14(18-22-11)12-9(16)5-4-6-10(12)17/h4-8H,1-3H3;4-8H,1-3H3/b9-7+;8-7+. The number of aromatic nitrogens is 2. The van der Waals surface area contributed by atoms with Crippen molar-refractivity contribution in [3.8, 4) is 22.5 Å². The van der Waals surface area contributed by atoms with Crippen LogP contribution in [0.15, 0.2) is 57.8 Å². The zero-order valence-electron chi connectivity index (χ0n) is 25.4. The Hall–Kier alpha value is -5.01. The topological polar surface area (TPSA) is 128 Å². The van der Waals surface area contributed by atoms with E-state index in [-0.39, 0.29) is 60.8 Å². The van der Waals surface area contributed by atoms with Crippen molar-refractivity contribution in [2.45, 2.75) is 0 Å². The summed E-state index contributed by atoms with van der Waals surface area (Å²) >= 11 is 12.0. The van der Waals surface area contributed by atoms with Gasteiger partial charge < -0.3 is 28.3 Å². The Kier molecular flexibility index (Phi) is 12.2. The number of carbonyl (C=O) groups excluding carboxylic acids is 3. The van der Waals surface area contributed by atoms with E-state index in [1.54, 1.807) is 44.2 Å². The fourth-order valence-electron chi connectivity index (χ4n) is 3.92. The molecule has 2 aromatic carbocycles. The second kappa shape index (κ2) is 15.8. The number of hydrogen-bond donors (Lipinski definition) is 0. The summed E-state index contributed by atoms with van der Waals surface area (Å²) in [7, 11) is 9.36. The summed E-state index contributed by atoms with van der Waals surface area (Å²) in [5, 5.41) is 7.69. The van der Waals surface area contributed by atoms with Crippen molar-refractivity contribution in [2.24, 2.45) is 0 Å². The smallest absolute Gasteiger partial charge is 0.344 e. The minimum absolute atomic E-state index is 0.00202. The second-order valence-electron chi connectivity index (χ2n) is 9.63. The molecule has 0 aliphatic carbocycles. The van der Waals surface area contributed by atoms with Gasteiger partial charge in [0.1, 0.15) is 34.1 Å². The van der Waals surface area contributed by atoms with Crippen molar-refractivity contribution in [2.75, 3.05) is 42.4 Å². The van der Waals surface area contributed by atoms with Crippen molar-refractivity contribution in [1.82, 2.24) is 20.1 Å². The van der Waals surface area contributed by atoms with Crippen molar-refractivity contribution in [1.29, 1.82) is 0 Å². The lowest BCUT2D eigenvalue weighted by atomic mass is 10.0. The molecule has 242 valence electrons. The first kappa shape index (κ1) is 35.5. The molecule has 46 heavy (non-hydrogen) atoms.